The summed E-state index contributed by atoms with van der Waals surface area (Å²) in [5.41, 5.74) is 1.84. The zero-order valence-corrected chi connectivity index (χ0v) is 15.5. The number of carbonyl (C=O) groups excluding carboxylic acids is 1. The van der Waals surface area contributed by atoms with Gasteiger partial charge in [-0.2, -0.15) is 0 Å². The number of nitrogens with zero attached hydrogens (tertiary/aromatic N) is 1. The normalized spacial score (nSPS) is 10.7. The number of methoxy groups -OCH3 is 2. The van der Waals surface area contributed by atoms with Crippen molar-refractivity contribution in [2.75, 3.05) is 77.2 Å². The summed E-state index contributed by atoms with van der Waals surface area (Å²) in [6.07, 6.45) is 0. The first-order valence-electron chi connectivity index (χ1n) is 8.43. The van der Waals surface area contributed by atoms with Crippen LogP contribution in [0, 0.1) is 0 Å². The molecule has 0 aliphatic carbocycles. The van der Waals surface area contributed by atoms with Gasteiger partial charge in [-0.25, -0.2) is 0 Å². The van der Waals surface area contributed by atoms with Crippen LogP contribution in [0.1, 0.15) is 6.92 Å². The molecule has 25 heavy (non-hydrogen) atoms. The standard InChI is InChI=1S/C18H30N2O5/c1-16(21)19-17-4-6-18(7-5-17)20(8-10-24-14-12-22-2)9-11-25-15-13-23-3/h4-7H,8-15H2,1-3H3,(H,19,21). The summed E-state index contributed by atoms with van der Waals surface area (Å²) in [5.74, 6) is -0.0808. The van der Waals surface area contributed by atoms with E-state index in [0.717, 1.165) is 24.5 Å². The van der Waals surface area contributed by atoms with Crippen molar-refractivity contribution in [1.29, 1.82) is 0 Å². The average Bonchev–Trinajstić information content (AvgIpc) is 2.60. The Balaban J connectivity index is 2.53. The Kier molecular flexibility index (Phi) is 11.6. The lowest BCUT2D eigenvalue weighted by atomic mass is 10.2. The molecule has 7 heteroatoms. The fourth-order valence-electron chi connectivity index (χ4n) is 2.17. The van der Waals surface area contributed by atoms with Gasteiger partial charge in [0.25, 0.3) is 0 Å². The molecule has 7 nitrogen and oxygen atoms in total. The van der Waals surface area contributed by atoms with Crippen molar-refractivity contribution in [3.8, 4) is 0 Å². The second-order valence-electron chi connectivity index (χ2n) is 5.43. The van der Waals surface area contributed by atoms with Gasteiger partial charge in [-0.1, -0.05) is 0 Å². The van der Waals surface area contributed by atoms with Crippen LogP contribution in [0.25, 0.3) is 0 Å². The monoisotopic (exact) mass is 354 g/mol. The fourth-order valence-corrected chi connectivity index (χ4v) is 2.17. The van der Waals surface area contributed by atoms with Crippen LogP contribution < -0.4 is 10.2 Å². The van der Waals surface area contributed by atoms with E-state index >= 15 is 0 Å². The van der Waals surface area contributed by atoms with Gasteiger partial charge in [0.1, 0.15) is 0 Å². The van der Waals surface area contributed by atoms with E-state index in [1.165, 1.54) is 6.92 Å². The van der Waals surface area contributed by atoms with Crippen molar-refractivity contribution in [3.63, 3.8) is 0 Å². The molecule has 1 N–H and O–H groups in total. The highest BCUT2D eigenvalue weighted by atomic mass is 16.5. The maximum absolute atomic E-state index is 11.1. The van der Waals surface area contributed by atoms with Crippen molar-refractivity contribution in [2.24, 2.45) is 0 Å². The van der Waals surface area contributed by atoms with Crippen molar-refractivity contribution in [2.45, 2.75) is 6.92 Å². The minimum absolute atomic E-state index is 0.0808. The van der Waals surface area contributed by atoms with Gasteiger partial charge in [-0.15, -0.1) is 0 Å². The molecule has 0 atom stereocenters. The SMILES string of the molecule is COCCOCCN(CCOCCOC)c1ccc(NC(C)=O)cc1. The Bertz CT molecular complexity index is 453. The quantitative estimate of drug-likeness (QED) is 0.514. The lowest BCUT2D eigenvalue weighted by Crippen LogP contribution is -2.31. The van der Waals surface area contributed by atoms with Crippen LogP contribution in [-0.4, -0.2) is 72.9 Å². The number of hydrogen-bond acceptors (Lipinski definition) is 6. The molecule has 142 valence electrons. The van der Waals surface area contributed by atoms with Gasteiger partial charge >= 0.3 is 0 Å². The first-order chi connectivity index (χ1) is 12.2. The Morgan fingerprint density at radius 3 is 1.84 bits per heavy atom. The van der Waals surface area contributed by atoms with Crippen molar-refractivity contribution in [1.82, 2.24) is 0 Å². The summed E-state index contributed by atoms with van der Waals surface area (Å²) < 4.78 is 21.1. The summed E-state index contributed by atoms with van der Waals surface area (Å²) in [7, 11) is 3.31. The molecule has 0 aromatic heterocycles. The van der Waals surface area contributed by atoms with Gasteiger partial charge in [0.05, 0.1) is 39.6 Å². The van der Waals surface area contributed by atoms with E-state index in [2.05, 4.69) is 10.2 Å². The van der Waals surface area contributed by atoms with E-state index in [9.17, 15) is 4.79 Å². The highest BCUT2D eigenvalue weighted by molar-refractivity contribution is 5.88. The first kappa shape index (κ1) is 21.4. The molecule has 0 aliphatic rings. The number of ether oxygens (including phenoxy) is 4. The van der Waals surface area contributed by atoms with Crippen molar-refractivity contribution < 1.29 is 23.7 Å². The van der Waals surface area contributed by atoms with Crippen LogP contribution >= 0.6 is 0 Å². The topological polar surface area (TPSA) is 69.3 Å². The second-order valence-corrected chi connectivity index (χ2v) is 5.43. The average molecular weight is 354 g/mol. The molecule has 1 aromatic rings. The van der Waals surface area contributed by atoms with Gasteiger partial charge in [0, 0.05) is 45.6 Å². The van der Waals surface area contributed by atoms with Crippen molar-refractivity contribution in [3.05, 3.63) is 24.3 Å². The Morgan fingerprint density at radius 1 is 0.880 bits per heavy atom. The molecule has 0 fully saturated rings. The first-order valence-corrected chi connectivity index (χ1v) is 8.43. The maximum Gasteiger partial charge on any atom is 0.221 e. The number of nitrogens with one attached hydrogen (secondary N) is 1. The summed E-state index contributed by atoms with van der Waals surface area (Å²) in [6, 6.07) is 7.74. The van der Waals surface area contributed by atoms with Gasteiger partial charge < -0.3 is 29.2 Å². The second kappa shape index (κ2) is 13.6. The number of rotatable bonds is 14. The molecule has 1 aromatic carbocycles. The lowest BCUT2D eigenvalue weighted by Gasteiger charge is -2.25. The number of amides is 1. The molecule has 0 unspecified atom stereocenters. The van der Waals surface area contributed by atoms with E-state index in [4.69, 9.17) is 18.9 Å². The molecular formula is C18H30N2O5. The minimum atomic E-state index is -0.0808. The van der Waals surface area contributed by atoms with E-state index in [1.54, 1.807) is 14.2 Å². The maximum atomic E-state index is 11.1. The van der Waals surface area contributed by atoms with E-state index in [1.807, 2.05) is 24.3 Å². The highest BCUT2D eigenvalue weighted by Crippen LogP contribution is 2.18. The van der Waals surface area contributed by atoms with Gasteiger partial charge in [-0.05, 0) is 24.3 Å². The van der Waals surface area contributed by atoms with Crippen molar-refractivity contribution >= 4 is 17.3 Å². The predicted molar refractivity (Wildman–Crippen MR) is 98.3 cm³/mol. The molecule has 1 rings (SSSR count). The van der Waals surface area contributed by atoms with E-state index in [-0.39, 0.29) is 5.91 Å². The molecule has 0 bridgehead atoms. The summed E-state index contributed by atoms with van der Waals surface area (Å²) in [5, 5.41) is 2.77. The number of benzene rings is 1. The zero-order chi connectivity index (χ0) is 18.3. The molecule has 0 saturated carbocycles. The Labute approximate surface area is 150 Å². The highest BCUT2D eigenvalue weighted by Gasteiger charge is 2.07. The summed E-state index contributed by atoms with van der Waals surface area (Å²) in [6.45, 7) is 6.54. The summed E-state index contributed by atoms with van der Waals surface area (Å²) in [4.78, 5) is 13.3. The number of anilines is 2. The van der Waals surface area contributed by atoms with Crippen LogP contribution in [0.2, 0.25) is 0 Å². The van der Waals surface area contributed by atoms with Gasteiger partial charge in [0.15, 0.2) is 0 Å². The van der Waals surface area contributed by atoms with Crippen LogP contribution in [0.3, 0.4) is 0 Å². The Hall–Kier alpha value is -1.67. The van der Waals surface area contributed by atoms with Gasteiger partial charge in [-0.3, -0.25) is 4.79 Å². The van der Waals surface area contributed by atoms with Crippen LogP contribution in [0.15, 0.2) is 24.3 Å². The third kappa shape index (κ3) is 10.0. The molecule has 0 spiro atoms. The van der Waals surface area contributed by atoms with Crippen LogP contribution in [-0.2, 0) is 23.7 Å². The van der Waals surface area contributed by atoms with Crippen LogP contribution in [0.4, 0.5) is 11.4 Å². The van der Waals surface area contributed by atoms with Gasteiger partial charge in [0.2, 0.25) is 5.91 Å². The fraction of sp³-hybridized carbons (Fsp3) is 0.611. The molecule has 1 amide bonds. The zero-order valence-electron chi connectivity index (χ0n) is 15.5. The molecule has 0 saturated heterocycles. The van der Waals surface area contributed by atoms with E-state index < -0.39 is 0 Å². The number of hydrogen-bond donors (Lipinski definition) is 1. The largest absolute Gasteiger partial charge is 0.382 e. The van der Waals surface area contributed by atoms with Crippen LogP contribution in [0.5, 0.6) is 0 Å². The summed E-state index contributed by atoms with van der Waals surface area (Å²) >= 11 is 0. The minimum Gasteiger partial charge on any atom is -0.382 e. The molecule has 0 radical (unpaired) electrons. The third-order valence-electron chi connectivity index (χ3n) is 3.43. The smallest absolute Gasteiger partial charge is 0.221 e. The van der Waals surface area contributed by atoms with E-state index in [0.29, 0.717) is 39.6 Å². The Morgan fingerprint density at radius 2 is 1.40 bits per heavy atom. The number of carbonyl (C=O) groups is 1. The molecule has 0 heterocycles. The third-order valence-corrected chi connectivity index (χ3v) is 3.43. The molecular weight excluding hydrogens is 324 g/mol. The lowest BCUT2D eigenvalue weighted by molar-refractivity contribution is -0.114. The molecule has 0 aliphatic heterocycles. The predicted octanol–water partition coefficient (Wildman–Crippen LogP) is 1.78.